The summed E-state index contributed by atoms with van der Waals surface area (Å²) in [5.74, 6) is 0.506. The van der Waals surface area contributed by atoms with Gasteiger partial charge in [0, 0.05) is 18.7 Å². The first-order valence-electron chi connectivity index (χ1n) is 3.09. The van der Waals surface area contributed by atoms with Gasteiger partial charge < -0.3 is 5.21 Å². The van der Waals surface area contributed by atoms with E-state index in [1.165, 1.54) is 6.21 Å². The number of nitrogens with zero attached hydrogens (tertiary/aromatic N) is 3. The van der Waals surface area contributed by atoms with E-state index in [1.807, 2.05) is 6.92 Å². The molecular formula is C6H9N3O. The Morgan fingerprint density at radius 1 is 1.70 bits per heavy atom. The lowest BCUT2D eigenvalue weighted by atomic mass is 10.3. The van der Waals surface area contributed by atoms with Crippen molar-refractivity contribution in [3.63, 3.8) is 0 Å². The third-order valence-electron chi connectivity index (χ3n) is 1.23. The van der Waals surface area contributed by atoms with E-state index in [4.69, 9.17) is 5.21 Å². The molecule has 1 N–H and O–H groups in total. The van der Waals surface area contributed by atoms with Crippen molar-refractivity contribution in [2.24, 2.45) is 15.1 Å². The molecule has 4 nitrogen and oxygen atoms in total. The Morgan fingerprint density at radius 2 is 2.50 bits per heavy atom. The van der Waals surface area contributed by atoms with Crippen LogP contribution in [0.5, 0.6) is 0 Å². The van der Waals surface area contributed by atoms with Gasteiger partial charge in [-0.15, -0.1) is 0 Å². The second-order valence-electron chi connectivity index (χ2n) is 2.08. The van der Waals surface area contributed by atoms with Gasteiger partial charge in [-0.25, -0.2) is 4.99 Å². The van der Waals surface area contributed by atoms with Crippen molar-refractivity contribution in [1.82, 2.24) is 0 Å². The minimum Gasteiger partial charge on any atom is -0.411 e. The fourth-order valence-corrected chi connectivity index (χ4v) is 0.740. The summed E-state index contributed by atoms with van der Waals surface area (Å²) in [6.07, 6.45) is 2.14. The van der Waals surface area contributed by atoms with E-state index < -0.39 is 0 Å². The van der Waals surface area contributed by atoms with Gasteiger partial charge in [0.05, 0.1) is 0 Å². The zero-order valence-electron chi connectivity index (χ0n) is 5.78. The van der Waals surface area contributed by atoms with Gasteiger partial charge in [0.2, 0.25) is 0 Å². The molecule has 0 aliphatic carbocycles. The highest BCUT2D eigenvalue weighted by Crippen LogP contribution is 1.96. The third-order valence-corrected chi connectivity index (χ3v) is 1.23. The van der Waals surface area contributed by atoms with Crippen molar-refractivity contribution in [2.75, 3.05) is 6.54 Å². The van der Waals surface area contributed by atoms with E-state index in [0.29, 0.717) is 5.84 Å². The number of hydrogen-bond acceptors (Lipinski definition) is 4. The molecule has 1 rings (SSSR count). The van der Waals surface area contributed by atoms with Crippen LogP contribution in [0.3, 0.4) is 0 Å². The first-order valence-corrected chi connectivity index (χ1v) is 3.09. The van der Waals surface area contributed by atoms with Crippen LogP contribution < -0.4 is 0 Å². The maximum atomic E-state index is 8.12. The van der Waals surface area contributed by atoms with E-state index >= 15 is 0 Å². The topological polar surface area (TPSA) is 57.3 Å². The van der Waals surface area contributed by atoms with Gasteiger partial charge in [-0.1, -0.05) is 5.16 Å². The Hall–Kier alpha value is -1.19. The maximum Gasteiger partial charge on any atom is 0.169 e. The van der Waals surface area contributed by atoms with Crippen molar-refractivity contribution in [3.8, 4) is 0 Å². The predicted octanol–water partition coefficient (Wildman–Crippen LogP) is 0.710. The summed E-state index contributed by atoms with van der Waals surface area (Å²) in [7, 11) is 0. The lowest BCUT2D eigenvalue weighted by Gasteiger charge is -2.03. The fourth-order valence-electron chi connectivity index (χ4n) is 0.740. The van der Waals surface area contributed by atoms with E-state index in [2.05, 4.69) is 15.1 Å². The minimum absolute atomic E-state index is 0.506. The normalized spacial score (nSPS) is 18.9. The second kappa shape index (κ2) is 3.10. The summed E-state index contributed by atoms with van der Waals surface area (Å²) in [6, 6.07) is 0. The van der Waals surface area contributed by atoms with Crippen LogP contribution in [0.4, 0.5) is 0 Å². The maximum absolute atomic E-state index is 8.12. The number of hydrogen-bond donors (Lipinski definition) is 1. The van der Waals surface area contributed by atoms with Gasteiger partial charge in [0.15, 0.2) is 5.84 Å². The summed E-state index contributed by atoms with van der Waals surface area (Å²) in [6.45, 7) is 2.68. The summed E-state index contributed by atoms with van der Waals surface area (Å²) in [5.41, 5.74) is 1.03. The van der Waals surface area contributed by atoms with Crippen LogP contribution >= 0.6 is 0 Å². The molecule has 1 heterocycles. The molecule has 0 bridgehead atoms. The summed E-state index contributed by atoms with van der Waals surface area (Å²) in [5, 5.41) is 11.0. The average molecular weight is 139 g/mol. The summed E-state index contributed by atoms with van der Waals surface area (Å²) in [4.78, 5) is 8.02. The molecule has 0 aromatic carbocycles. The van der Waals surface area contributed by atoms with Crippen LogP contribution in [0.2, 0.25) is 0 Å². The molecule has 54 valence electrons. The molecule has 0 radical (unpaired) electrons. The van der Waals surface area contributed by atoms with Crippen molar-refractivity contribution in [2.45, 2.75) is 13.3 Å². The van der Waals surface area contributed by atoms with Crippen LogP contribution in [-0.2, 0) is 0 Å². The van der Waals surface area contributed by atoms with E-state index in [9.17, 15) is 0 Å². The van der Waals surface area contributed by atoms with Crippen LogP contribution in [0.25, 0.3) is 0 Å². The van der Waals surface area contributed by atoms with Gasteiger partial charge in [0.25, 0.3) is 0 Å². The Kier molecular flexibility index (Phi) is 2.15. The molecule has 10 heavy (non-hydrogen) atoms. The second-order valence-corrected chi connectivity index (χ2v) is 2.08. The van der Waals surface area contributed by atoms with Gasteiger partial charge in [0.1, 0.15) is 6.21 Å². The highest BCUT2D eigenvalue weighted by molar-refractivity contribution is 6.32. The van der Waals surface area contributed by atoms with Crippen molar-refractivity contribution >= 4 is 17.8 Å². The largest absolute Gasteiger partial charge is 0.411 e. The van der Waals surface area contributed by atoms with Crippen LogP contribution in [0.1, 0.15) is 13.3 Å². The lowest BCUT2D eigenvalue weighted by molar-refractivity contribution is 0.322. The minimum atomic E-state index is 0.506. The number of amidine groups is 1. The van der Waals surface area contributed by atoms with Gasteiger partial charge >= 0.3 is 0 Å². The zero-order valence-corrected chi connectivity index (χ0v) is 5.78. The van der Waals surface area contributed by atoms with Gasteiger partial charge in [-0.2, -0.15) is 0 Å². The van der Waals surface area contributed by atoms with E-state index in [1.54, 1.807) is 0 Å². The molecule has 4 heteroatoms. The van der Waals surface area contributed by atoms with Crippen LogP contribution in [-0.4, -0.2) is 29.5 Å². The first-order chi connectivity index (χ1) is 4.83. The molecular weight excluding hydrogens is 130 g/mol. The quantitative estimate of drug-likeness (QED) is 0.324. The van der Waals surface area contributed by atoms with Crippen molar-refractivity contribution < 1.29 is 5.21 Å². The summed E-state index contributed by atoms with van der Waals surface area (Å²) >= 11 is 0. The molecule has 0 aromatic rings. The molecule has 0 saturated carbocycles. The highest BCUT2D eigenvalue weighted by atomic mass is 16.4. The Morgan fingerprint density at radius 3 is 3.10 bits per heavy atom. The molecule has 0 spiro atoms. The van der Waals surface area contributed by atoms with E-state index in [-0.39, 0.29) is 0 Å². The summed E-state index contributed by atoms with van der Waals surface area (Å²) < 4.78 is 0. The molecule has 1 aliphatic rings. The molecule has 0 amide bonds. The molecule has 0 atom stereocenters. The van der Waals surface area contributed by atoms with Gasteiger partial charge in [-0.3, -0.25) is 4.99 Å². The highest BCUT2D eigenvalue weighted by Gasteiger charge is 2.00. The number of aliphatic imine (C=N–C) groups is 2. The average Bonchev–Trinajstić information content (AvgIpc) is 1.88. The van der Waals surface area contributed by atoms with Crippen LogP contribution in [0.15, 0.2) is 15.1 Å². The molecule has 0 fully saturated rings. The Bertz CT molecular complexity index is 205. The fraction of sp³-hybridized carbons (Fsp3) is 0.500. The van der Waals surface area contributed by atoms with Gasteiger partial charge in [-0.05, 0) is 6.92 Å². The monoisotopic (exact) mass is 139 g/mol. The van der Waals surface area contributed by atoms with Crippen molar-refractivity contribution in [1.29, 1.82) is 0 Å². The Balaban J connectivity index is 2.69. The van der Waals surface area contributed by atoms with E-state index in [0.717, 1.165) is 18.7 Å². The third kappa shape index (κ3) is 1.65. The standard InChI is InChI=1S/C6H9N3O/c1-5-2-3-7-6(9-5)4-8-10/h4,10H,2-3H2,1H3/b8-4+. The lowest BCUT2D eigenvalue weighted by Crippen LogP contribution is -2.09. The molecule has 1 aliphatic heterocycles. The zero-order chi connectivity index (χ0) is 7.40. The molecule has 0 unspecified atom stereocenters. The SMILES string of the molecule is CC1=NC(/C=N/O)=NCC1. The molecule has 0 saturated heterocycles. The number of oxime groups is 1. The van der Waals surface area contributed by atoms with Crippen molar-refractivity contribution in [3.05, 3.63) is 0 Å². The molecule has 0 aromatic heterocycles. The smallest absolute Gasteiger partial charge is 0.169 e. The first kappa shape index (κ1) is 6.92. The predicted molar refractivity (Wildman–Crippen MR) is 40.3 cm³/mol. The number of rotatable bonds is 1. The van der Waals surface area contributed by atoms with Crippen LogP contribution in [0, 0.1) is 0 Å². The Labute approximate surface area is 59.0 Å².